The highest BCUT2D eigenvalue weighted by Gasteiger charge is 2.36. The van der Waals surface area contributed by atoms with Crippen molar-refractivity contribution in [2.24, 2.45) is 11.5 Å². The van der Waals surface area contributed by atoms with E-state index in [1.54, 1.807) is 39.0 Å². The second-order valence-corrected chi connectivity index (χ2v) is 9.45. The molecule has 2 aromatic carbocycles. The molecule has 0 atom stereocenters. The van der Waals surface area contributed by atoms with Crippen molar-refractivity contribution in [1.29, 1.82) is 10.8 Å². The SMILES string of the molecule is CC(C)(C)OC(=O)c1cc(Oc2nc(Oc3ccccc3NC(=N)N)nc3[nH]c(C(F)(F)F)nc23)ccc1C(=N)N. The van der Waals surface area contributed by atoms with E-state index in [1.807, 2.05) is 0 Å². The van der Waals surface area contributed by atoms with E-state index >= 15 is 0 Å². The Morgan fingerprint density at radius 2 is 1.68 bits per heavy atom. The van der Waals surface area contributed by atoms with Crippen molar-refractivity contribution in [1.82, 2.24) is 19.9 Å². The highest BCUT2D eigenvalue weighted by atomic mass is 19.4. The van der Waals surface area contributed by atoms with Crippen LogP contribution in [0.15, 0.2) is 42.5 Å². The lowest BCUT2D eigenvalue weighted by Crippen LogP contribution is -2.26. The van der Waals surface area contributed by atoms with Gasteiger partial charge in [-0.05, 0) is 51.1 Å². The van der Waals surface area contributed by atoms with Crippen LogP contribution in [0.1, 0.15) is 42.5 Å². The standard InChI is InChI=1S/C25H24F3N9O4/c1-24(2,3)41-20(38)13-10-11(8-9-12(13)17(29)30)39-19-16-18(35-21(34-16)25(26,27)28)36-23(37-19)40-15-7-5-4-6-14(15)33-22(31)32/h4-10H,1-3H3,(H3,29,30)(H4,31,32,33)(H,34,35,36,37). The minimum atomic E-state index is -4.84. The predicted octanol–water partition coefficient (Wildman–Crippen LogP) is 4.50. The second-order valence-electron chi connectivity index (χ2n) is 9.45. The molecule has 4 aromatic rings. The molecular weight excluding hydrogens is 547 g/mol. The largest absolute Gasteiger partial charge is 0.456 e. The molecule has 214 valence electrons. The first-order valence-corrected chi connectivity index (χ1v) is 11.7. The van der Waals surface area contributed by atoms with Crippen molar-refractivity contribution in [3.8, 4) is 23.4 Å². The number of nitrogens with zero attached hydrogens (tertiary/aromatic N) is 3. The quantitative estimate of drug-likeness (QED) is 0.104. The highest BCUT2D eigenvalue weighted by molar-refractivity contribution is 6.06. The molecule has 0 saturated heterocycles. The van der Waals surface area contributed by atoms with Gasteiger partial charge in [0.2, 0.25) is 5.82 Å². The van der Waals surface area contributed by atoms with Crippen molar-refractivity contribution in [2.45, 2.75) is 32.5 Å². The van der Waals surface area contributed by atoms with Gasteiger partial charge in [-0.2, -0.15) is 23.1 Å². The highest BCUT2D eigenvalue weighted by Crippen LogP contribution is 2.35. The summed E-state index contributed by atoms with van der Waals surface area (Å²) in [6, 6.07) is 9.70. The van der Waals surface area contributed by atoms with Crippen molar-refractivity contribution >= 4 is 34.6 Å². The number of para-hydroxylation sites is 2. The Labute approximate surface area is 230 Å². The Hall–Kier alpha value is -5.41. The number of anilines is 1. The van der Waals surface area contributed by atoms with Crippen LogP contribution in [0.4, 0.5) is 18.9 Å². The minimum absolute atomic E-state index is 0.0529. The molecule has 0 aliphatic rings. The van der Waals surface area contributed by atoms with Crippen LogP contribution in [-0.2, 0) is 10.9 Å². The molecule has 0 fully saturated rings. The van der Waals surface area contributed by atoms with Gasteiger partial charge in [0, 0.05) is 5.56 Å². The van der Waals surface area contributed by atoms with Gasteiger partial charge in [0.05, 0.1) is 11.3 Å². The van der Waals surface area contributed by atoms with Crippen molar-refractivity contribution < 1.29 is 32.2 Å². The summed E-state index contributed by atoms with van der Waals surface area (Å²) in [5.41, 5.74) is 9.61. The first-order valence-electron chi connectivity index (χ1n) is 11.7. The molecule has 0 aliphatic heterocycles. The Morgan fingerprint density at radius 1 is 0.976 bits per heavy atom. The monoisotopic (exact) mass is 571 g/mol. The number of nitrogens with one attached hydrogen (secondary N) is 4. The van der Waals surface area contributed by atoms with Gasteiger partial charge in [-0.15, -0.1) is 0 Å². The third-order valence-corrected chi connectivity index (χ3v) is 5.03. The zero-order valence-corrected chi connectivity index (χ0v) is 21.8. The number of benzene rings is 2. The molecule has 0 radical (unpaired) electrons. The van der Waals surface area contributed by atoms with Crippen molar-refractivity contribution in [3.05, 3.63) is 59.4 Å². The fourth-order valence-corrected chi connectivity index (χ4v) is 3.44. The maximum Gasteiger partial charge on any atom is 0.449 e. The molecule has 0 unspecified atom stereocenters. The summed E-state index contributed by atoms with van der Waals surface area (Å²) >= 11 is 0. The Kier molecular flexibility index (Phi) is 7.41. The van der Waals surface area contributed by atoms with E-state index < -0.39 is 41.3 Å². The summed E-state index contributed by atoms with van der Waals surface area (Å²) in [5.74, 6) is -3.38. The van der Waals surface area contributed by atoms with E-state index in [1.165, 1.54) is 24.3 Å². The number of rotatable bonds is 7. The molecule has 0 aliphatic carbocycles. The zero-order valence-electron chi connectivity index (χ0n) is 21.8. The first-order chi connectivity index (χ1) is 19.1. The number of nitrogens with two attached hydrogens (primary N) is 2. The van der Waals surface area contributed by atoms with E-state index in [4.69, 9.17) is 36.5 Å². The van der Waals surface area contributed by atoms with Crippen molar-refractivity contribution in [2.75, 3.05) is 5.32 Å². The number of amidine groups is 1. The molecule has 13 nitrogen and oxygen atoms in total. The average molecular weight is 572 g/mol. The van der Waals surface area contributed by atoms with E-state index in [-0.39, 0.29) is 45.4 Å². The third-order valence-electron chi connectivity index (χ3n) is 5.03. The van der Waals surface area contributed by atoms with Gasteiger partial charge in [-0.3, -0.25) is 10.8 Å². The fraction of sp³-hybridized carbons (Fsp3) is 0.200. The number of alkyl halides is 3. The Balaban J connectivity index is 1.80. The van der Waals surface area contributed by atoms with Gasteiger partial charge in [0.15, 0.2) is 22.9 Å². The molecule has 4 rings (SSSR count). The van der Waals surface area contributed by atoms with E-state index in [0.29, 0.717) is 0 Å². The maximum absolute atomic E-state index is 13.5. The number of H-pyrrole nitrogens is 1. The van der Waals surface area contributed by atoms with Crippen LogP contribution in [0.2, 0.25) is 0 Å². The molecule has 2 heterocycles. The number of hydrogen-bond donors (Lipinski definition) is 6. The van der Waals surface area contributed by atoms with E-state index in [9.17, 15) is 18.0 Å². The summed E-state index contributed by atoms with van der Waals surface area (Å²) in [6.07, 6.45) is -4.84. The van der Waals surface area contributed by atoms with E-state index in [0.717, 1.165) is 0 Å². The lowest BCUT2D eigenvalue weighted by Gasteiger charge is -2.20. The number of fused-ring (bicyclic) bond motifs is 1. The summed E-state index contributed by atoms with van der Waals surface area (Å²) in [4.78, 5) is 26.5. The molecule has 0 spiro atoms. The summed E-state index contributed by atoms with van der Waals surface area (Å²) in [6.45, 7) is 4.95. The number of hydrogen-bond acceptors (Lipinski definition) is 9. The number of nitrogen functional groups attached to an aromatic ring is 1. The van der Waals surface area contributed by atoms with Crippen LogP contribution in [0.3, 0.4) is 0 Å². The van der Waals surface area contributed by atoms with E-state index in [2.05, 4.69) is 25.3 Å². The predicted molar refractivity (Wildman–Crippen MR) is 141 cm³/mol. The van der Waals surface area contributed by atoms with Crippen LogP contribution < -0.4 is 26.3 Å². The topological polar surface area (TPSA) is 211 Å². The molecule has 0 bridgehead atoms. The number of ether oxygens (including phenoxy) is 3. The van der Waals surface area contributed by atoms with Crippen LogP contribution in [-0.4, -0.2) is 43.3 Å². The summed E-state index contributed by atoms with van der Waals surface area (Å²) < 4.78 is 57.3. The molecule has 16 heteroatoms. The summed E-state index contributed by atoms with van der Waals surface area (Å²) in [5, 5.41) is 17.8. The number of carbonyl (C=O) groups excluding carboxylic acids is 1. The molecule has 8 N–H and O–H groups in total. The lowest BCUT2D eigenvalue weighted by atomic mass is 10.1. The van der Waals surface area contributed by atoms with Crippen LogP contribution >= 0.6 is 0 Å². The van der Waals surface area contributed by atoms with Crippen LogP contribution in [0.5, 0.6) is 23.4 Å². The van der Waals surface area contributed by atoms with Crippen LogP contribution in [0, 0.1) is 10.8 Å². The minimum Gasteiger partial charge on any atom is -0.456 e. The number of esters is 1. The fourth-order valence-electron chi connectivity index (χ4n) is 3.44. The third kappa shape index (κ3) is 6.78. The van der Waals surface area contributed by atoms with Gasteiger partial charge < -0.3 is 36.0 Å². The molecular formula is C25H24F3N9O4. The second kappa shape index (κ2) is 10.6. The van der Waals surface area contributed by atoms with Gasteiger partial charge in [0.25, 0.3) is 5.88 Å². The van der Waals surface area contributed by atoms with Gasteiger partial charge >= 0.3 is 18.2 Å². The van der Waals surface area contributed by atoms with Gasteiger partial charge in [-0.1, -0.05) is 12.1 Å². The lowest BCUT2D eigenvalue weighted by molar-refractivity contribution is -0.144. The molecule has 2 aromatic heterocycles. The number of guanidine groups is 1. The number of carbonyl (C=O) groups is 1. The van der Waals surface area contributed by atoms with Gasteiger partial charge in [0.1, 0.15) is 17.2 Å². The smallest absolute Gasteiger partial charge is 0.449 e. The Morgan fingerprint density at radius 3 is 2.32 bits per heavy atom. The first kappa shape index (κ1) is 28.6. The maximum atomic E-state index is 13.5. The zero-order chi connectivity index (χ0) is 30.1. The average Bonchev–Trinajstić information content (AvgIpc) is 3.29. The molecule has 0 saturated carbocycles. The van der Waals surface area contributed by atoms with Crippen LogP contribution in [0.25, 0.3) is 11.2 Å². The molecule has 0 amide bonds. The normalized spacial score (nSPS) is 11.7. The van der Waals surface area contributed by atoms with Crippen molar-refractivity contribution in [3.63, 3.8) is 0 Å². The molecule has 41 heavy (non-hydrogen) atoms. The van der Waals surface area contributed by atoms with Gasteiger partial charge in [-0.25, -0.2) is 9.78 Å². The number of imidazole rings is 1. The number of aromatic amines is 1. The number of aromatic nitrogens is 4. The Bertz CT molecular complexity index is 1660. The number of halogens is 3. The summed E-state index contributed by atoms with van der Waals surface area (Å²) in [7, 11) is 0.